The predicted molar refractivity (Wildman–Crippen MR) is 83.0 cm³/mol. The zero-order chi connectivity index (χ0) is 14.7. The van der Waals surface area contributed by atoms with Gasteiger partial charge in [0.2, 0.25) is 5.91 Å². The van der Waals surface area contributed by atoms with Crippen molar-refractivity contribution in [2.75, 3.05) is 13.2 Å². The molecule has 21 heavy (non-hydrogen) atoms. The van der Waals surface area contributed by atoms with E-state index in [1.807, 2.05) is 35.2 Å². The topological polar surface area (TPSA) is 42.4 Å². The van der Waals surface area contributed by atoms with Gasteiger partial charge < -0.3 is 9.64 Å². The summed E-state index contributed by atoms with van der Waals surface area (Å²) in [5, 5.41) is 0. The molecule has 3 rings (SSSR count). The summed E-state index contributed by atoms with van der Waals surface area (Å²) in [6.07, 6.45) is 3.81. The van der Waals surface area contributed by atoms with Crippen molar-refractivity contribution >= 4 is 21.8 Å². The van der Waals surface area contributed by atoms with Crippen molar-refractivity contribution in [3.05, 3.63) is 58.3 Å². The van der Waals surface area contributed by atoms with Crippen molar-refractivity contribution in [2.45, 2.75) is 13.0 Å². The quantitative estimate of drug-likeness (QED) is 0.839. The second-order valence-corrected chi connectivity index (χ2v) is 5.86. The van der Waals surface area contributed by atoms with Gasteiger partial charge in [0.25, 0.3) is 0 Å². The van der Waals surface area contributed by atoms with Gasteiger partial charge in [0.1, 0.15) is 12.4 Å². The summed E-state index contributed by atoms with van der Waals surface area (Å²) in [5.74, 6) is 0.968. The first-order valence-electron chi connectivity index (χ1n) is 6.80. The standard InChI is InChI=1S/C16H15BrN2O2/c17-14-1-2-15-13(10-14)11-19(7-8-21-15)16(20)9-12-3-5-18-6-4-12/h1-6,10H,7-9,11H2. The van der Waals surface area contributed by atoms with Gasteiger partial charge >= 0.3 is 0 Å². The van der Waals surface area contributed by atoms with Crippen LogP contribution in [0.25, 0.3) is 0 Å². The lowest BCUT2D eigenvalue weighted by Gasteiger charge is -2.20. The summed E-state index contributed by atoms with van der Waals surface area (Å²) in [7, 11) is 0. The molecule has 0 saturated carbocycles. The molecular weight excluding hydrogens is 332 g/mol. The molecule has 0 bridgehead atoms. The molecule has 108 valence electrons. The summed E-state index contributed by atoms with van der Waals surface area (Å²) >= 11 is 3.46. The van der Waals surface area contributed by atoms with Gasteiger partial charge in [0.15, 0.2) is 0 Å². The van der Waals surface area contributed by atoms with E-state index in [-0.39, 0.29) is 5.91 Å². The molecule has 5 heteroatoms. The highest BCUT2D eigenvalue weighted by atomic mass is 79.9. The van der Waals surface area contributed by atoms with Crippen molar-refractivity contribution in [1.29, 1.82) is 0 Å². The molecule has 0 N–H and O–H groups in total. The van der Waals surface area contributed by atoms with Crippen LogP contribution in [-0.2, 0) is 17.8 Å². The molecule has 0 spiro atoms. The van der Waals surface area contributed by atoms with E-state index in [9.17, 15) is 4.79 Å². The average Bonchev–Trinajstić information content (AvgIpc) is 2.70. The number of hydrogen-bond acceptors (Lipinski definition) is 3. The lowest BCUT2D eigenvalue weighted by molar-refractivity contribution is -0.131. The minimum Gasteiger partial charge on any atom is -0.491 e. The number of pyridine rings is 1. The molecule has 2 heterocycles. The molecule has 1 amide bonds. The van der Waals surface area contributed by atoms with Gasteiger partial charge in [-0.15, -0.1) is 0 Å². The molecule has 1 aromatic heterocycles. The number of aromatic nitrogens is 1. The molecule has 0 aliphatic carbocycles. The Hall–Kier alpha value is -1.88. The molecule has 0 saturated heterocycles. The van der Waals surface area contributed by atoms with Crippen molar-refractivity contribution in [1.82, 2.24) is 9.88 Å². The number of fused-ring (bicyclic) bond motifs is 1. The van der Waals surface area contributed by atoms with Crippen molar-refractivity contribution in [2.24, 2.45) is 0 Å². The highest BCUT2D eigenvalue weighted by molar-refractivity contribution is 9.10. The molecule has 0 atom stereocenters. The van der Waals surface area contributed by atoms with Gasteiger partial charge in [-0.2, -0.15) is 0 Å². The zero-order valence-electron chi connectivity index (χ0n) is 11.5. The summed E-state index contributed by atoms with van der Waals surface area (Å²) in [6, 6.07) is 9.64. The number of carbonyl (C=O) groups is 1. The monoisotopic (exact) mass is 346 g/mol. The minimum atomic E-state index is 0.109. The van der Waals surface area contributed by atoms with Crippen LogP contribution in [0.3, 0.4) is 0 Å². The highest BCUT2D eigenvalue weighted by Gasteiger charge is 2.20. The summed E-state index contributed by atoms with van der Waals surface area (Å²) in [5.41, 5.74) is 2.01. The Labute approximate surface area is 131 Å². The fourth-order valence-corrected chi connectivity index (χ4v) is 2.77. The Kier molecular flexibility index (Phi) is 4.20. The van der Waals surface area contributed by atoms with Gasteiger partial charge in [0, 0.05) is 29.0 Å². The van der Waals surface area contributed by atoms with E-state index >= 15 is 0 Å². The number of nitrogens with zero attached hydrogens (tertiary/aromatic N) is 2. The van der Waals surface area contributed by atoms with Gasteiger partial charge in [-0.25, -0.2) is 0 Å². The third-order valence-electron chi connectivity index (χ3n) is 3.46. The van der Waals surface area contributed by atoms with Gasteiger partial charge in [-0.05, 0) is 35.9 Å². The molecule has 1 aliphatic heterocycles. The Bertz CT molecular complexity index is 646. The van der Waals surface area contributed by atoms with Crippen LogP contribution >= 0.6 is 15.9 Å². The number of rotatable bonds is 2. The van der Waals surface area contributed by atoms with E-state index in [0.29, 0.717) is 26.1 Å². The van der Waals surface area contributed by atoms with Crippen LogP contribution in [0.15, 0.2) is 47.2 Å². The summed E-state index contributed by atoms with van der Waals surface area (Å²) in [4.78, 5) is 18.3. The van der Waals surface area contributed by atoms with Crippen LogP contribution < -0.4 is 4.74 Å². The first kappa shape index (κ1) is 14.1. The number of amides is 1. The fraction of sp³-hybridized carbons (Fsp3) is 0.250. The molecule has 1 aliphatic rings. The minimum absolute atomic E-state index is 0.109. The van der Waals surface area contributed by atoms with Crippen LogP contribution in [0.1, 0.15) is 11.1 Å². The molecule has 0 unspecified atom stereocenters. The van der Waals surface area contributed by atoms with E-state index in [4.69, 9.17) is 4.74 Å². The first-order valence-corrected chi connectivity index (χ1v) is 7.59. The van der Waals surface area contributed by atoms with E-state index < -0.39 is 0 Å². The SMILES string of the molecule is O=C(Cc1ccncc1)N1CCOc2ccc(Br)cc2C1. The number of benzene rings is 1. The lowest BCUT2D eigenvalue weighted by Crippen LogP contribution is -2.33. The third kappa shape index (κ3) is 3.42. The Morgan fingerprint density at radius 3 is 2.90 bits per heavy atom. The van der Waals surface area contributed by atoms with Crippen molar-refractivity contribution in [3.8, 4) is 5.75 Å². The van der Waals surface area contributed by atoms with E-state index in [0.717, 1.165) is 21.3 Å². The maximum Gasteiger partial charge on any atom is 0.227 e. The van der Waals surface area contributed by atoms with Crippen LogP contribution in [0.2, 0.25) is 0 Å². The number of carbonyl (C=O) groups excluding carboxylic acids is 1. The zero-order valence-corrected chi connectivity index (χ0v) is 13.0. The Morgan fingerprint density at radius 1 is 1.29 bits per heavy atom. The number of halogens is 1. The molecule has 0 fully saturated rings. The van der Waals surface area contributed by atoms with E-state index in [1.165, 1.54) is 0 Å². The second kappa shape index (κ2) is 6.26. The van der Waals surface area contributed by atoms with Crippen LogP contribution in [0, 0.1) is 0 Å². The summed E-state index contributed by atoms with van der Waals surface area (Å²) < 4.78 is 6.70. The van der Waals surface area contributed by atoms with Crippen molar-refractivity contribution in [3.63, 3.8) is 0 Å². The normalized spacial score (nSPS) is 14.0. The molecule has 4 nitrogen and oxygen atoms in total. The maximum atomic E-state index is 12.5. The third-order valence-corrected chi connectivity index (χ3v) is 3.95. The van der Waals surface area contributed by atoms with Crippen LogP contribution in [-0.4, -0.2) is 28.9 Å². The predicted octanol–water partition coefficient (Wildman–Crippen LogP) is 2.81. The van der Waals surface area contributed by atoms with E-state index in [2.05, 4.69) is 20.9 Å². The maximum absolute atomic E-state index is 12.5. The average molecular weight is 347 g/mol. The highest BCUT2D eigenvalue weighted by Crippen LogP contribution is 2.26. The largest absolute Gasteiger partial charge is 0.491 e. The van der Waals surface area contributed by atoms with Gasteiger partial charge in [-0.3, -0.25) is 9.78 Å². The smallest absolute Gasteiger partial charge is 0.227 e. The van der Waals surface area contributed by atoms with Crippen molar-refractivity contribution < 1.29 is 9.53 Å². The van der Waals surface area contributed by atoms with Crippen LogP contribution in [0.5, 0.6) is 5.75 Å². The lowest BCUT2D eigenvalue weighted by atomic mass is 10.1. The molecule has 0 radical (unpaired) electrons. The van der Waals surface area contributed by atoms with E-state index in [1.54, 1.807) is 12.4 Å². The first-order chi connectivity index (χ1) is 10.2. The Morgan fingerprint density at radius 2 is 2.10 bits per heavy atom. The van der Waals surface area contributed by atoms with Crippen LogP contribution in [0.4, 0.5) is 0 Å². The number of ether oxygens (including phenoxy) is 1. The van der Waals surface area contributed by atoms with Gasteiger partial charge in [-0.1, -0.05) is 15.9 Å². The second-order valence-electron chi connectivity index (χ2n) is 4.95. The van der Waals surface area contributed by atoms with Gasteiger partial charge in [0.05, 0.1) is 13.0 Å². The Balaban J connectivity index is 1.75. The molecule has 2 aromatic rings. The number of hydrogen-bond donors (Lipinski definition) is 0. The summed E-state index contributed by atoms with van der Waals surface area (Å²) in [6.45, 7) is 1.71. The molecule has 1 aromatic carbocycles. The fourth-order valence-electron chi connectivity index (χ4n) is 2.36. The molecular formula is C16H15BrN2O2.